The lowest BCUT2D eigenvalue weighted by atomic mass is 10.1. The van der Waals surface area contributed by atoms with E-state index >= 15 is 0 Å². The summed E-state index contributed by atoms with van der Waals surface area (Å²) >= 11 is 0. The molecule has 0 saturated carbocycles. The Morgan fingerprint density at radius 3 is 2.57 bits per heavy atom. The van der Waals surface area contributed by atoms with Crippen molar-refractivity contribution in [1.82, 2.24) is 20.0 Å². The van der Waals surface area contributed by atoms with Gasteiger partial charge in [0.25, 0.3) is 0 Å². The third-order valence-electron chi connectivity index (χ3n) is 4.50. The Balaban J connectivity index is 0.00000264. The van der Waals surface area contributed by atoms with Crippen molar-refractivity contribution < 1.29 is 4.79 Å². The number of guanidine groups is 1. The molecule has 7 heteroatoms. The molecule has 134 valence electrons. The fourth-order valence-electron chi connectivity index (χ4n) is 3.21. The molecule has 23 heavy (non-hydrogen) atoms. The van der Waals surface area contributed by atoms with Crippen LogP contribution >= 0.6 is 24.0 Å². The summed E-state index contributed by atoms with van der Waals surface area (Å²) in [4.78, 5) is 22.7. The number of amides is 1. The summed E-state index contributed by atoms with van der Waals surface area (Å²) in [6, 6.07) is 0. The molecule has 1 N–H and O–H groups in total. The molecule has 0 aromatic carbocycles. The van der Waals surface area contributed by atoms with Crippen LogP contribution in [0, 0.1) is 5.92 Å². The zero-order chi connectivity index (χ0) is 15.9. The standard InChI is InChI=1S/C16H31N5O.HI/c1-4-17-16(18-11-15(22)19(2)3)21-10-7-14(13-21)12-20-8-5-6-9-20;/h14H,4-13H2,1-3H3,(H,17,18);1H. The van der Waals surface area contributed by atoms with Gasteiger partial charge in [-0.25, -0.2) is 4.99 Å². The van der Waals surface area contributed by atoms with E-state index in [2.05, 4.69) is 27.0 Å². The molecule has 0 bridgehead atoms. The highest BCUT2D eigenvalue weighted by molar-refractivity contribution is 14.0. The van der Waals surface area contributed by atoms with E-state index in [0.29, 0.717) is 0 Å². The largest absolute Gasteiger partial charge is 0.357 e. The van der Waals surface area contributed by atoms with Crippen LogP contribution in [0.2, 0.25) is 0 Å². The number of carbonyl (C=O) groups excluding carboxylic acids is 1. The first kappa shape index (κ1) is 20.5. The van der Waals surface area contributed by atoms with Crippen LogP contribution in [0.3, 0.4) is 0 Å². The Labute approximate surface area is 157 Å². The maximum Gasteiger partial charge on any atom is 0.243 e. The minimum atomic E-state index is 0. The van der Waals surface area contributed by atoms with Crippen molar-refractivity contribution in [2.75, 3.05) is 59.9 Å². The molecule has 2 fully saturated rings. The average molecular weight is 437 g/mol. The Morgan fingerprint density at radius 1 is 1.26 bits per heavy atom. The van der Waals surface area contributed by atoms with Crippen LogP contribution in [-0.2, 0) is 4.79 Å². The second-order valence-electron chi connectivity index (χ2n) is 6.57. The highest BCUT2D eigenvalue weighted by Gasteiger charge is 2.27. The summed E-state index contributed by atoms with van der Waals surface area (Å²) in [6.07, 6.45) is 3.93. The van der Waals surface area contributed by atoms with Gasteiger partial charge in [-0.15, -0.1) is 24.0 Å². The Bertz CT molecular complexity index is 396. The molecule has 1 amide bonds. The summed E-state index contributed by atoms with van der Waals surface area (Å²) in [6.45, 7) is 8.97. The van der Waals surface area contributed by atoms with Crippen LogP contribution in [0.15, 0.2) is 4.99 Å². The van der Waals surface area contributed by atoms with Gasteiger partial charge in [-0.2, -0.15) is 0 Å². The minimum Gasteiger partial charge on any atom is -0.357 e. The number of hydrogen-bond acceptors (Lipinski definition) is 3. The summed E-state index contributed by atoms with van der Waals surface area (Å²) in [5.41, 5.74) is 0. The number of rotatable bonds is 5. The molecule has 0 spiro atoms. The normalized spacial score (nSPS) is 22.1. The van der Waals surface area contributed by atoms with Crippen LogP contribution in [-0.4, -0.2) is 86.5 Å². The number of hydrogen-bond donors (Lipinski definition) is 1. The van der Waals surface area contributed by atoms with Crippen molar-refractivity contribution in [3.8, 4) is 0 Å². The molecule has 0 radical (unpaired) electrons. The van der Waals surface area contributed by atoms with Gasteiger partial charge in [0.2, 0.25) is 5.91 Å². The maximum absolute atomic E-state index is 11.7. The highest BCUT2D eigenvalue weighted by Crippen LogP contribution is 2.19. The Kier molecular flexibility index (Phi) is 9.19. The van der Waals surface area contributed by atoms with Gasteiger partial charge in [-0.3, -0.25) is 4.79 Å². The van der Waals surface area contributed by atoms with Crippen molar-refractivity contribution in [2.45, 2.75) is 26.2 Å². The van der Waals surface area contributed by atoms with E-state index in [0.717, 1.165) is 31.5 Å². The van der Waals surface area contributed by atoms with E-state index in [4.69, 9.17) is 0 Å². The second kappa shape index (κ2) is 10.3. The van der Waals surface area contributed by atoms with Gasteiger partial charge in [0.1, 0.15) is 6.54 Å². The topological polar surface area (TPSA) is 51.2 Å². The molecule has 1 atom stereocenters. The number of likely N-dealkylation sites (N-methyl/N-ethyl adjacent to an activating group) is 1. The van der Waals surface area contributed by atoms with E-state index in [-0.39, 0.29) is 36.4 Å². The van der Waals surface area contributed by atoms with Crippen LogP contribution in [0.4, 0.5) is 0 Å². The van der Waals surface area contributed by atoms with Crippen LogP contribution < -0.4 is 5.32 Å². The third-order valence-corrected chi connectivity index (χ3v) is 4.50. The lowest BCUT2D eigenvalue weighted by Gasteiger charge is -2.23. The van der Waals surface area contributed by atoms with Gasteiger partial charge in [-0.1, -0.05) is 0 Å². The Morgan fingerprint density at radius 2 is 1.96 bits per heavy atom. The molecule has 2 aliphatic heterocycles. The summed E-state index contributed by atoms with van der Waals surface area (Å²) in [5.74, 6) is 1.66. The van der Waals surface area contributed by atoms with Crippen molar-refractivity contribution in [3.63, 3.8) is 0 Å². The smallest absolute Gasteiger partial charge is 0.243 e. The first-order valence-corrected chi connectivity index (χ1v) is 8.56. The molecule has 6 nitrogen and oxygen atoms in total. The first-order chi connectivity index (χ1) is 10.6. The molecule has 0 aliphatic carbocycles. The Hall–Kier alpha value is -0.570. The maximum atomic E-state index is 11.7. The predicted octanol–water partition coefficient (Wildman–Crippen LogP) is 1.08. The van der Waals surface area contributed by atoms with Gasteiger partial charge in [0, 0.05) is 40.3 Å². The van der Waals surface area contributed by atoms with Gasteiger partial charge in [-0.05, 0) is 45.2 Å². The summed E-state index contributed by atoms with van der Waals surface area (Å²) < 4.78 is 0. The second-order valence-corrected chi connectivity index (χ2v) is 6.57. The number of carbonyl (C=O) groups is 1. The lowest BCUT2D eigenvalue weighted by molar-refractivity contribution is -0.127. The van der Waals surface area contributed by atoms with Crippen molar-refractivity contribution in [1.29, 1.82) is 0 Å². The minimum absolute atomic E-state index is 0. The average Bonchev–Trinajstić information content (AvgIpc) is 3.15. The molecule has 2 aliphatic rings. The van der Waals surface area contributed by atoms with Gasteiger partial charge < -0.3 is 20.0 Å². The van der Waals surface area contributed by atoms with Crippen LogP contribution in [0.25, 0.3) is 0 Å². The lowest BCUT2D eigenvalue weighted by Crippen LogP contribution is -2.41. The first-order valence-electron chi connectivity index (χ1n) is 8.56. The van der Waals surface area contributed by atoms with E-state index in [1.807, 2.05) is 0 Å². The number of nitrogens with zero attached hydrogens (tertiary/aromatic N) is 4. The van der Waals surface area contributed by atoms with E-state index in [1.54, 1.807) is 19.0 Å². The fraction of sp³-hybridized carbons (Fsp3) is 0.875. The molecule has 1 unspecified atom stereocenters. The molecular formula is C16H32IN5O. The van der Waals surface area contributed by atoms with E-state index in [1.165, 1.54) is 38.9 Å². The zero-order valence-electron chi connectivity index (χ0n) is 14.8. The van der Waals surface area contributed by atoms with Crippen LogP contribution in [0.5, 0.6) is 0 Å². The molecule has 0 aromatic heterocycles. The van der Waals surface area contributed by atoms with Gasteiger partial charge in [0.15, 0.2) is 5.96 Å². The summed E-state index contributed by atoms with van der Waals surface area (Å²) in [7, 11) is 3.54. The third kappa shape index (κ3) is 6.45. The summed E-state index contributed by atoms with van der Waals surface area (Å²) in [5, 5.41) is 3.32. The number of likely N-dealkylation sites (tertiary alicyclic amines) is 2. The number of nitrogens with one attached hydrogen (secondary N) is 1. The van der Waals surface area contributed by atoms with Crippen LogP contribution in [0.1, 0.15) is 26.2 Å². The molecule has 2 rings (SSSR count). The SMILES string of the molecule is CCNC(=NCC(=O)N(C)C)N1CCC(CN2CCCC2)C1.I. The van der Waals surface area contributed by atoms with Gasteiger partial charge >= 0.3 is 0 Å². The molecule has 2 saturated heterocycles. The quantitative estimate of drug-likeness (QED) is 0.398. The monoisotopic (exact) mass is 437 g/mol. The zero-order valence-corrected chi connectivity index (χ0v) is 17.1. The van der Waals surface area contributed by atoms with Crippen molar-refractivity contribution in [2.24, 2.45) is 10.9 Å². The van der Waals surface area contributed by atoms with E-state index < -0.39 is 0 Å². The van der Waals surface area contributed by atoms with Crippen molar-refractivity contribution >= 4 is 35.8 Å². The molecule has 0 aromatic rings. The highest BCUT2D eigenvalue weighted by atomic mass is 127. The number of halogens is 1. The fourth-order valence-corrected chi connectivity index (χ4v) is 3.21. The van der Waals surface area contributed by atoms with Gasteiger partial charge in [0.05, 0.1) is 0 Å². The molecular weight excluding hydrogens is 405 g/mol. The number of aliphatic imine (C=N–C) groups is 1. The van der Waals surface area contributed by atoms with Crippen molar-refractivity contribution in [3.05, 3.63) is 0 Å². The molecule has 2 heterocycles. The van der Waals surface area contributed by atoms with E-state index in [9.17, 15) is 4.79 Å². The predicted molar refractivity (Wildman–Crippen MR) is 105 cm³/mol.